The number of nitro groups is 4. The van der Waals surface area contributed by atoms with E-state index in [1.165, 1.54) is 152 Å². The second kappa shape index (κ2) is 57.1. The van der Waals surface area contributed by atoms with E-state index in [0.717, 1.165) is 61.3 Å². The lowest BCUT2D eigenvalue weighted by Gasteiger charge is -2.17. The Hall–Kier alpha value is -17.3. The number of nitrogens with two attached hydrogens (primary N) is 4. The van der Waals surface area contributed by atoms with Crippen molar-refractivity contribution in [2.75, 3.05) is 72.8 Å². The third-order valence-electron chi connectivity index (χ3n) is 21.7. The Morgan fingerprint density at radius 3 is 0.864 bits per heavy atom. The van der Waals surface area contributed by atoms with Gasteiger partial charge in [0, 0.05) is 105 Å². The Morgan fingerprint density at radius 1 is 0.279 bits per heavy atom. The quantitative estimate of drug-likeness (QED) is 0.00971. The summed E-state index contributed by atoms with van der Waals surface area (Å²) in [5.74, 6) is -2.96. The fraction of sp³-hybridized carbons (Fsp3) is 0.324. The molecular weight excluding hydrogens is 1900 g/mol. The van der Waals surface area contributed by atoms with Gasteiger partial charge in [0.2, 0.25) is 23.6 Å². The molecular formula is C108H125N13O26. The average Bonchev–Trinajstić information content (AvgIpc) is 0.813. The summed E-state index contributed by atoms with van der Waals surface area (Å²) < 4.78 is 51.7. The predicted molar refractivity (Wildman–Crippen MR) is 559 cm³/mol. The van der Waals surface area contributed by atoms with Crippen LogP contribution >= 0.6 is 0 Å². The summed E-state index contributed by atoms with van der Waals surface area (Å²) in [5, 5.41) is 61.6. The molecule has 2 unspecified atom stereocenters. The molecule has 0 fully saturated rings. The third kappa shape index (κ3) is 35.7. The summed E-state index contributed by atoms with van der Waals surface area (Å²) >= 11 is 0. The van der Waals surface area contributed by atoms with E-state index in [9.17, 15) is 83.6 Å². The van der Waals surface area contributed by atoms with E-state index in [4.69, 9.17) is 65.6 Å². The van der Waals surface area contributed by atoms with Crippen LogP contribution in [0.1, 0.15) is 247 Å². The number of anilines is 5. The number of nitrogens with one attached hydrogen (secondary N) is 5. The number of unbranched alkanes of at least 4 members (excludes halogenated alkanes) is 4. The lowest BCUT2D eigenvalue weighted by atomic mass is 10.1. The van der Waals surface area contributed by atoms with Crippen LogP contribution in [0.4, 0.5) is 51.2 Å². The van der Waals surface area contributed by atoms with Crippen LogP contribution in [-0.2, 0) is 6.42 Å². The van der Waals surface area contributed by atoms with Crippen molar-refractivity contribution in [3.05, 3.63) is 302 Å². The highest BCUT2D eigenvalue weighted by Crippen LogP contribution is 2.39. The van der Waals surface area contributed by atoms with E-state index >= 15 is 0 Å². The molecule has 0 aromatic heterocycles. The fourth-order valence-corrected chi connectivity index (χ4v) is 13.4. The minimum absolute atomic E-state index is 0.0207. The number of amides is 9. The second-order valence-electron chi connectivity index (χ2n) is 35.1. The molecule has 11 rings (SSSR count). The molecule has 0 aliphatic rings. The maximum absolute atomic E-state index is 13.5. The van der Waals surface area contributed by atoms with Gasteiger partial charge >= 0.3 is 22.7 Å². The van der Waals surface area contributed by atoms with Crippen LogP contribution in [0.2, 0.25) is 0 Å². The molecule has 11 aromatic rings. The SMILES string of the molecule is CC(C)COc1cc(C(N)=O)ccc1NC(=O)c1ccc(NC(=O)c2ccc([N+](=O)[O-])c(OCCc3ccc4ccccc4c3)c2)c(OCC(C)C)c1.CCC(C)Oc1cc(C(=O)Nc2ccc(C(N)=O)cc2OCC(C)C)ccc1[N+](=O)[O-].CCCCCOc1cc(C(=O)Nc2ccc(C(N)=O)cc2OC(C)CC)ccc1[N+](=O)[O-].CCCCCOc1cc(C(N)=O)ccc1NC(=O)c1ccc([N+](=O)[O-])c(OCCC)c1. The molecule has 9 amide bonds. The molecule has 39 nitrogen and oxygen atoms in total. The lowest BCUT2D eigenvalue weighted by molar-refractivity contribution is -0.386. The summed E-state index contributed by atoms with van der Waals surface area (Å²) in [5.41, 5.74) is 25.2. The maximum atomic E-state index is 13.5. The number of ether oxygens (including phenoxy) is 9. The van der Waals surface area contributed by atoms with Gasteiger partial charge < -0.3 is 92.2 Å². The van der Waals surface area contributed by atoms with Gasteiger partial charge in [-0.3, -0.25) is 83.6 Å². The molecule has 0 spiro atoms. The first-order valence-electron chi connectivity index (χ1n) is 47.9. The van der Waals surface area contributed by atoms with Gasteiger partial charge in [-0.15, -0.1) is 0 Å². The Morgan fingerprint density at radius 2 is 0.544 bits per heavy atom. The standard InChI is InChI=1S/C41H42N4O8.C23H29N3O6.2C22H27N3O6/c1-25(2)23-52-36-20-30(39(42)46)11-14-33(36)43-40(47)31-12-15-34(37(21-31)53-24-26(3)4)44-41(48)32-13-16-35(45(49)50)38(22-32)51-18-17-27-9-10-28-7-5-6-8-29(28)19-27;1-4-6-7-12-31-21-14-17(9-11-19(21)26(29)30)23(28)25-18-10-8-16(22(24)27)13-20(18)32-15(3)5-2;1-5-14(4)31-20-11-16(7-9-18(20)25(28)29)22(27)24-17-8-6-15(21(23)26)10-19(17)30-12-13(2)3;1-3-5-6-12-31-19-13-15(21(23)26)7-9-17(19)24-22(27)16-8-10-18(25(28)29)20(14-16)30-11-4-2/h5-16,19-22,25-26H,17-18,23-24H2,1-4H3,(H2,42,46)(H,43,47)(H,44,48);8-11,13-15H,4-7,12H2,1-3H3,(H2,24,27)(H,25,28);6-11,13-14H,5,12H2,1-4H3,(H2,23,26)(H,24,27);7-10,13-14H,3-6,11-12H2,1-2H3,(H2,23,26)(H,24,27). The molecule has 0 aliphatic heterocycles. The van der Waals surface area contributed by atoms with Gasteiger partial charge in [0.05, 0.1) is 107 Å². The third-order valence-corrected chi connectivity index (χ3v) is 21.7. The molecule has 0 bridgehead atoms. The zero-order chi connectivity index (χ0) is 108. The Bertz CT molecular complexity index is 6530. The number of hydrogen-bond acceptors (Lipinski definition) is 26. The van der Waals surface area contributed by atoms with Crippen molar-refractivity contribution >= 4 is 115 Å². The molecule has 39 heteroatoms. The number of fused-ring (bicyclic) bond motifs is 1. The number of carbonyl (C=O) groups is 9. The number of hydrogen-bond donors (Lipinski definition) is 9. The van der Waals surface area contributed by atoms with E-state index < -0.39 is 72.9 Å². The minimum Gasteiger partial charge on any atom is -0.491 e. The van der Waals surface area contributed by atoms with Crippen LogP contribution in [0.5, 0.6) is 51.7 Å². The molecule has 0 aliphatic carbocycles. The predicted octanol–water partition coefficient (Wildman–Crippen LogP) is 21.2. The van der Waals surface area contributed by atoms with Gasteiger partial charge in [-0.1, -0.05) is 144 Å². The molecule has 2 atom stereocenters. The van der Waals surface area contributed by atoms with E-state index in [1.807, 2.05) is 119 Å². The minimum atomic E-state index is -0.628. The Kier molecular flexibility index (Phi) is 44.7. The Labute approximate surface area is 850 Å². The van der Waals surface area contributed by atoms with Crippen LogP contribution < -0.4 is 92.2 Å². The van der Waals surface area contributed by atoms with E-state index in [2.05, 4.69) is 33.5 Å². The average molecular weight is 2020 g/mol. The van der Waals surface area contributed by atoms with Crippen molar-refractivity contribution in [3.8, 4) is 51.7 Å². The van der Waals surface area contributed by atoms with Gasteiger partial charge in [0.25, 0.3) is 29.5 Å². The van der Waals surface area contributed by atoms with Crippen LogP contribution in [0.15, 0.2) is 206 Å². The summed E-state index contributed by atoms with van der Waals surface area (Å²) in [4.78, 5) is 155. The monoisotopic (exact) mass is 2020 g/mol. The van der Waals surface area contributed by atoms with Crippen molar-refractivity contribution in [2.45, 2.75) is 166 Å². The van der Waals surface area contributed by atoms with Crippen molar-refractivity contribution in [1.29, 1.82) is 0 Å². The Balaban J connectivity index is 0.000000247. The molecule has 0 heterocycles. The molecule has 13 N–H and O–H groups in total. The molecule has 0 saturated heterocycles. The first-order chi connectivity index (χ1) is 70.1. The number of nitrogens with zero attached hydrogens (tertiary/aromatic N) is 4. The van der Waals surface area contributed by atoms with E-state index in [-0.39, 0.29) is 150 Å². The first-order valence-corrected chi connectivity index (χ1v) is 47.9. The lowest BCUT2D eigenvalue weighted by Crippen LogP contribution is -2.17. The summed E-state index contributed by atoms with van der Waals surface area (Å²) in [7, 11) is 0. The molecule has 147 heavy (non-hydrogen) atoms. The molecule has 778 valence electrons. The molecule has 0 saturated carbocycles. The van der Waals surface area contributed by atoms with Crippen molar-refractivity contribution < 1.29 is 105 Å². The maximum Gasteiger partial charge on any atom is 0.310 e. The normalized spacial score (nSPS) is 11.1. The second-order valence-corrected chi connectivity index (χ2v) is 35.1. The van der Waals surface area contributed by atoms with Crippen molar-refractivity contribution in [2.24, 2.45) is 40.7 Å². The van der Waals surface area contributed by atoms with Crippen LogP contribution in [0.25, 0.3) is 10.8 Å². The van der Waals surface area contributed by atoms with Crippen LogP contribution in [0.3, 0.4) is 0 Å². The number of primary amides is 4. The van der Waals surface area contributed by atoms with Crippen LogP contribution in [0, 0.1) is 58.2 Å². The van der Waals surface area contributed by atoms with Gasteiger partial charge in [0.15, 0.2) is 23.0 Å². The highest BCUT2D eigenvalue weighted by Gasteiger charge is 2.28. The van der Waals surface area contributed by atoms with E-state index in [0.29, 0.717) is 98.0 Å². The highest BCUT2D eigenvalue weighted by molar-refractivity contribution is 6.10. The first kappa shape index (κ1) is 115. The van der Waals surface area contributed by atoms with Gasteiger partial charge in [-0.2, -0.15) is 0 Å². The number of benzene rings is 11. The number of nitro benzene ring substituents is 4. The zero-order valence-electron chi connectivity index (χ0n) is 84.3. The van der Waals surface area contributed by atoms with Gasteiger partial charge in [0.1, 0.15) is 28.7 Å². The van der Waals surface area contributed by atoms with E-state index in [1.54, 1.807) is 19.1 Å². The largest absolute Gasteiger partial charge is 0.491 e. The zero-order valence-corrected chi connectivity index (χ0v) is 84.3. The smallest absolute Gasteiger partial charge is 0.310 e. The summed E-state index contributed by atoms with van der Waals surface area (Å²) in [6.07, 6.45) is 7.64. The topological polar surface area (TPSA) is 573 Å². The van der Waals surface area contributed by atoms with Crippen LogP contribution in [-0.4, -0.2) is 131 Å². The molecule has 11 aromatic carbocycles. The number of carbonyl (C=O) groups excluding carboxylic acids is 9. The van der Waals surface area contributed by atoms with Crippen molar-refractivity contribution in [1.82, 2.24) is 0 Å². The molecule has 0 radical (unpaired) electrons. The summed E-state index contributed by atoms with van der Waals surface area (Å²) in [6, 6.07) is 52.3. The number of rotatable bonds is 50. The fourth-order valence-electron chi connectivity index (χ4n) is 13.4. The highest BCUT2D eigenvalue weighted by atomic mass is 16.6. The summed E-state index contributed by atoms with van der Waals surface area (Å²) in [6.45, 7) is 27.5. The van der Waals surface area contributed by atoms with Gasteiger partial charge in [-0.25, -0.2) is 0 Å². The van der Waals surface area contributed by atoms with Crippen molar-refractivity contribution in [3.63, 3.8) is 0 Å². The van der Waals surface area contributed by atoms with Gasteiger partial charge in [-0.05, 0) is 195 Å².